The van der Waals surface area contributed by atoms with E-state index in [2.05, 4.69) is 26.0 Å². The summed E-state index contributed by atoms with van der Waals surface area (Å²) in [7, 11) is 0. The third-order valence-electron chi connectivity index (χ3n) is 1.75. The van der Waals surface area contributed by atoms with Gasteiger partial charge in [-0.25, -0.2) is 4.39 Å². The average molecular weight is 323 g/mol. The van der Waals surface area contributed by atoms with Crippen molar-refractivity contribution >= 4 is 27.5 Å². The molecule has 0 aliphatic rings. The summed E-state index contributed by atoms with van der Waals surface area (Å²) in [4.78, 5) is 11.2. The van der Waals surface area contributed by atoms with Gasteiger partial charge in [-0.05, 0) is 22.0 Å². The summed E-state index contributed by atoms with van der Waals surface area (Å²) in [6, 6.07) is 3.37. The van der Waals surface area contributed by atoms with Gasteiger partial charge < -0.3 is 10.1 Å². The number of carbonyl (C=O) groups is 1. The first-order chi connectivity index (χ1) is 8.43. The van der Waals surface area contributed by atoms with E-state index in [9.17, 15) is 18.0 Å². The van der Waals surface area contributed by atoms with Crippen LogP contribution in [0.2, 0.25) is 0 Å². The van der Waals surface area contributed by atoms with Crippen LogP contribution in [0.5, 0.6) is 5.75 Å². The van der Waals surface area contributed by atoms with E-state index in [1.807, 2.05) is 0 Å². The first-order valence-electron chi connectivity index (χ1n) is 4.54. The fourth-order valence-corrected chi connectivity index (χ4v) is 1.43. The zero-order chi connectivity index (χ0) is 13.7. The molecule has 1 amide bonds. The van der Waals surface area contributed by atoms with Gasteiger partial charge in [0.1, 0.15) is 12.2 Å². The number of rotatable bonds is 4. The molecule has 18 heavy (non-hydrogen) atoms. The summed E-state index contributed by atoms with van der Waals surface area (Å²) < 4.78 is 41.4. The molecule has 1 N–H and O–H groups in total. The lowest BCUT2D eigenvalue weighted by molar-refractivity contribution is -0.115. The number of hydrogen-bond donors (Lipinski definition) is 1. The van der Waals surface area contributed by atoms with Crippen molar-refractivity contribution in [2.24, 2.45) is 0 Å². The molecule has 0 atom stereocenters. The Balaban J connectivity index is 3.04. The number of alkyl halides is 2. The molecular formula is C10H6BrF3N2O2. The van der Waals surface area contributed by atoms with Crippen molar-refractivity contribution in [2.75, 3.05) is 5.32 Å². The van der Waals surface area contributed by atoms with E-state index in [1.165, 1.54) is 0 Å². The van der Waals surface area contributed by atoms with Gasteiger partial charge >= 0.3 is 6.61 Å². The van der Waals surface area contributed by atoms with Crippen LogP contribution in [0, 0.1) is 17.1 Å². The van der Waals surface area contributed by atoms with Crippen molar-refractivity contribution in [1.82, 2.24) is 0 Å². The second kappa shape index (κ2) is 6.26. The minimum atomic E-state index is -3.16. The third-order valence-corrected chi connectivity index (χ3v) is 2.36. The number of halogens is 4. The van der Waals surface area contributed by atoms with Crippen LogP contribution in [0.15, 0.2) is 16.6 Å². The van der Waals surface area contributed by atoms with E-state index < -0.39 is 30.5 Å². The lowest BCUT2D eigenvalue weighted by Gasteiger charge is -2.12. The normalized spacial score (nSPS) is 10.0. The van der Waals surface area contributed by atoms with E-state index in [-0.39, 0.29) is 10.2 Å². The van der Waals surface area contributed by atoms with E-state index in [4.69, 9.17) is 5.26 Å². The molecule has 0 aliphatic carbocycles. The summed E-state index contributed by atoms with van der Waals surface area (Å²) in [6.07, 6.45) is -0.455. The summed E-state index contributed by atoms with van der Waals surface area (Å²) in [5.74, 6) is -2.05. The summed E-state index contributed by atoms with van der Waals surface area (Å²) in [5, 5.41) is 10.5. The Morgan fingerprint density at radius 1 is 1.56 bits per heavy atom. The number of nitriles is 1. The van der Waals surface area contributed by atoms with Crippen molar-refractivity contribution in [2.45, 2.75) is 13.0 Å². The molecule has 1 aromatic carbocycles. The fraction of sp³-hybridized carbons (Fsp3) is 0.200. The maximum absolute atomic E-state index is 13.2. The zero-order valence-corrected chi connectivity index (χ0v) is 10.3. The molecule has 96 valence electrons. The van der Waals surface area contributed by atoms with E-state index >= 15 is 0 Å². The van der Waals surface area contributed by atoms with Crippen molar-refractivity contribution in [3.8, 4) is 11.8 Å². The fourth-order valence-electron chi connectivity index (χ4n) is 1.09. The van der Waals surface area contributed by atoms with Crippen molar-refractivity contribution in [3.63, 3.8) is 0 Å². The molecular weight excluding hydrogens is 317 g/mol. The molecule has 0 aromatic heterocycles. The number of amides is 1. The van der Waals surface area contributed by atoms with Gasteiger partial charge in [-0.15, -0.1) is 0 Å². The first kappa shape index (κ1) is 14.3. The second-order valence-corrected chi connectivity index (χ2v) is 3.88. The monoisotopic (exact) mass is 322 g/mol. The van der Waals surface area contributed by atoms with Crippen LogP contribution in [0.25, 0.3) is 0 Å². The number of nitrogens with zero attached hydrogens (tertiary/aromatic N) is 1. The number of ether oxygens (including phenoxy) is 1. The van der Waals surface area contributed by atoms with Crippen LogP contribution >= 0.6 is 15.9 Å². The Morgan fingerprint density at radius 2 is 2.22 bits per heavy atom. The highest BCUT2D eigenvalue weighted by molar-refractivity contribution is 9.10. The van der Waals surface area contributed by atoms with Gasteiger partial charge in [0.15, 0.2) is 5.75 Å². The number of benzene rings is 1. The highest BCUT2D eigenvalue weighted by atomic mass is 79.9. The molecule has 0 bridgehead atoms. The van der Waals surface area contributed by atoms with Crippen molar-refractivity contribution < 1.29 is 22.7 Å². The van der Waals surface area contributed by atoms with Gasteiger partial charge in [-0.2, -0.15) is 14.0 Å². The van der Waals surface area contributed by atoms with Gasteiger partial charge in [0.25, 0.3) is 0 Å². The molecule has 0 fully saturated rings. The summed E-state index contributed by atoms with van der Waals surface area (Å²) in [6.45, 7) is -3.16. The van der Waals surface area contributed by atoms with Crippen molar-refractivity contribution in [3.05, 3.63) is 22.4 Å². The Kier molecular flexibility index (Phi) is 4.97. The Morgan fingerprint density at radius 3 is 2.78 bits per heavy atom. The highest BCUT2D eigenvalue weighted by Crippen LogP contribution is 2.32. The largest absolute Gasteiger partial charge is 0.432 e. The average Bonchev–Trinajstić information content (AvgIpc) is 2.25. The third kappa shape index (κ3) is 3.92. The number of hydrogen-bond acceptors (Lipinski definition) is 3. The Hall–Kier alpha value is -1.75. The Bertz CT molecular complexity index is 503. The van der Waals surface area contributed by atoms with Crippen LogP contribution in [-0.2, 0) is 4.79 Å². The molecule has 0 saturated carbocycles. The molecule has 0 radical (unpaired) electrons. The molecule has 1 rings (SSSR count). The SMILES string of the molecule is N#CCC(=O)Nc1cc(Br)c(F)cc1OC(F)F. The smallest absolute Gasteiger partial charge is 0.387 e. The quantitative estimate of drug-likeness (QED) is 0.926. The molecule has 1 aromatic rings. The van der Waals surface area contributed by atoms with Crippen LogP contribution in [0.1, 0.15) is 6.42 Å². The van der Waals surface area contributed by atoms with Gasteiger partial charge in [-0.3, -0.25) is 4.79 Å². The highest BCUT2D eigenvalue weighted by Gasteiger charge is 2.15. The Labute approximate surface area is 108 Å². The zero-order valence-electron chi connectivity index (χ0n) is 8.71. The van der Waals surface area contributed by atoms with E-state index in [1.54, 1.807) is 6.07 Å². The van der Waals surface area contributed by atoms with E-state index in [0.29, 0.717) is 6.07 Å². The van der Waals surface area contributed by atoms with Crippen LogP contribution in [0.3, 0.4) is 0 Å². The molecule has 4 nitrogen and oxygen atoms in total. The predicted octanol–water partition coefficient (Wildman–Crippen LogP) is 3.04. The van der Waals surface area contributed by atoms with Crippen LogP contribution < -0.4 is 10.1 Å². The molecule has 0 unspecified atom stereocenters. The van der Waals surface area contributed by atoms with Gasteiger partial charge in [0.2, 0.25) is 5.91 Å². The molecule has 8 heteroatoms. The van der Waals surface area contributed by atoms with Crippen LogP contribution in [-0.4, -0.2) is 12.5 Å². The topological polar surface area (TPSA) is 62.1 Å². The maximum atomic E-state index is 13.2. The first-order valence-corrected chi connectivity index (χ1v) is 5.34. The molecule has 0 spiro atoms. The number of carbonyl (C=O) groups excluding carboxylic acids is 1. The summed E-state index contributed by atoms with van der Waals surface area (Å²) >= 11 is 2.84. The van der Waals surface area contributed by atoms with Crippen molar-refractivity contribution in [1.29, 1.82) is 5.26 Å². The van der Waals surface area contributed by atoms with E-state index in [0.717, 1.165) is 6.07 Å². The standard InChI is InChI=1S/C10H6BrF3N2O2/c11-5-3-7(16-9(17)1-2-15)8(4-6(5)12)18-10(13)14/h3-4,10H,1H2,(H,16,17). The minimum Gasteiger partial charge on any atom is -0.432 e. The van der Waals surface area contributed by atoms with Crippen LogP contribution in [0.4, 0.5) is 18.9 Å². The minimum absolute atomic E-state index is 0.0311. The number of anilines is 1. The molecule has 0 saturated heterocycles. The maximum Gasteiger partial charge on any atom is 0.387 e. The lowest BCUT2D eigenvalue weighted by Crippen LogP contribution is -2.13. The lowest BCUT2D eigenvalue weighted by atomic mass is 10.2. The molecule has 0 heterocycles. The molecule has 0 aliphatic heterocycles. The summed E-state index contributed by atoms with van der Waals surface area (Å²) in [5.41, 5.74) is -0.149. The second-order valence-electron chi connectivity index (χ2n) is 3.02. The predicted molar refractivity (Wildman–Crippen MR) is 59.6 cm³/mol. The van der Waals surface area contributed by atoms with Gasteiger partial charge in [0.05, 0.1) is 16.2 Å². The van der Waals surface area contributed by atoms with Gasteiger partial charge in [-0.1, -0.05) is 0 Å². The van der Waals surface area contributed by atoms with Gasteiger partial charge in [0, 0.05) is 6.07 Å². The number of nitrogens with one attached hydrogen (secondary N) is 1.